The minimum atomic E-state index is -2.88. The van der Waals surface area contributed by atoms with E-state index < -0.39 is 34.8 Å². The molecule has 0 aliphatic rings. The average molecular weight is 533 g/mol. The highest BCUT2D eigenvalue weighted by Crippen LogP contribution is 2.43. The van der Waals surface area contributed by atoms with Crippen molar-refractivity contribution in [2.75, 3.05) is 5.32 Å². The molecule has 0 aliphatic heterocycles. The van der Waals surface area contributed by atoms with Gasteiger partial charge in [0.25, 0.3) is 12.3 Å². The molecule has 12 nitrogen and oxygen atoms in total. The Hall–Kier alpha value is -4.27. The first kappa shape index (κ1) is 25.8. The Morgan fingerprint density at radius 1 is 1.27 bits per heavy atom. The normalized spacial score (nSPS) is 12.3. The Labute approximate surface area is 212 Å². The van der Waals surface area contributed by atoms with Crippen LogP contribution in [0.5, 0.6) is 0 Å². The lowest BCUT2D eigenvalue weighted by molar-refractivity contribution is -0.389. The van der Waals surface area contributed by atoms with E-state index in [1.54, 1.807) is 32.5 Å². The molecule has 194 valence electrons. The number of thiophene rings is 1. The number of carbonyl (C=O) groups excluding carboxylic acids is 2. The molecule has 0 saturated heterocycles. The van der Waals surface area contributed by atoms with Crippen molar-refractivity contribution in [2.24, 2.45) is 18.7 Å². The number of halogens is 2. The summed E-state index contributed by atoms with van der Waals surface area (Å²) < 4.78 is 30.3. The third-order valence-electron chi connectivity index (χ3n) is 5.95. The molecule has 15 heteroatoms. The minimum Gasteiger partial charge on any atom is -0.365 e. The molecule has 3 N–H and O–H groups in total. The van der Waals surface area contributed by atoms with Crippen LogP contribution in [0.2, 0.25) is 0 Å². The molecule has 1 atom stereocenters. The van der Waals surface area contributed by atoms with Gasteiger partial charge in [0.15, 0.2) is 0 Å². The fraction of sp³-hybridized carbons (Fsp3) is 0.318. The van der Waals surface area contributed by atoms with Gasteiger partial charge in [-0.05, 0) is 30.4 Å². The van der Waals surface area contributed by atoms with E-state index >= 15 is 0 Å². The number of pyridine rings is 1. The van der Waals surface area contributed by atoms with Gasteiger partial charge in [-0.15, -0.1) is 11.3 Å². The first-order chi connectivity index (χ1) is 17.4. The van der Waals surface area contributed by atoms with E-state index in [0.717, 1.165) is 11.3 Å². The fourth-order valence-corrected chi connectivity index (χ4v) is 4.87. The van der Waals surface area contributed by atoms with Gasteiger partial charge >= 0.3 is 5.82 Å². The predicted octanol–water partition coefficient (Wildman–Crippen LogP) is 3.73. The molecule has 0 radical (unpaired) electrons. The zero-order valence-electron chi connectivity index (χ0n) is 20.2. The van der Waals surface area contributed by atoms with Crippen LogP contribution in [0.15, 0.2) is 18.3 Å². The van der Waals surface area contributed by atoms with E-state index in [1.165, 1.54) is 23.0 Å². The van der Waals surface area contributed by atoms with Crippen molar-refractivity contribution >= 4 is 44.9 Å². The number of nitrogens with one attached hydrogen (secondary N) is 1. The van der Waals surface area contributed by atoms with Crippen LogP contribution in [0.3, 0.4) is 0 Å². The summed E-state index contributed by atoms with van der Waals surface area (Å²) in [6, 6.07) is 2.50. The third kappa shape index (κ3) is 4.76. The molecular formula is C22H22F2N8O4S. The van der Waals surface area contributed by atoms with Crippen molar-refractivity contribution in [1.29, 1.82) is 0 Å². The van der Waals surface area contributed by atoms with Crippen molar-refractivity contribution in [3.05, 3.63) is 50.4 Å². The quantitative estimate of drug-likeness (QED) is 0.258. The average Bonchev–Trinajstić information content (AvgIpc) is 3.49. The molecule has 0 bridgehead atoms. The van der Waals surface area contributed by atoms with Crippen molar-refractivity contribution in [3.8, 4) is 11.1 Å². The van der Waals surface area contributed by atoms with E-state index in [1.807, 2.05) is 0 Å². The number of anilines is 1. The summed E-state index contributed by atoms with van der Waals surface area (Å²) in [6.45, 7) is 4.98. The highest BCUT2D eigenvalue weighted by atomic mass is 32.1. The van der Waals surface area contributed by atoms with E-state index in [4.69, 9.17) is 5.73 Å². The Morgan fingerprint density at radius 2 is 1.97 bits per heavy atom. The fourth-order valence-electron chi connectivity index (χ4n) is 3.85. The second-order valence-corrected chi connectivity index (χ2v) is 9.49. The van der Waals surface area contributed by atoms with Gasteiger partial charge in [0.05, 0.1) is 41.2 Å². The lowest BCUT2D eigenvalue weighted by Crippen LogP contribution is -2.26. The zero-order valence-corrected chi connectivity index (χ0v) is 21.0. The third-order valence-corrected chi connectivity index (χ3v) is 7.05. The number of rotatable bonds is 8. The topological polar surface area (TPSA) is 164 Å². The summed E-state index contributed by atoms with van der Waals surface area (Å²) in [6.07, 6.45) is -1.37. The molecule has 4 aromatic rings. The monoisotopic (exact) mass is 532 g/mol. The van der Waals surface area contributed by atoms with Gasteiger partial charge < -0.3 is 21.2 Å². The Bertz CT molecular complexity index is 1560. The number of carbonyl (C=O) groups is 2. The number of hydrogen-bond acceptors (Lipinski definition) is 8. The maximum absolute atomic E-state index is 13.7. The van der Waals surface area contributed by atoms with Gasteiger partial charge in [-0.25, -0.2) is 13.8 Å². The molecule has 0 saturated carbocycles. The van der Waals surface area contributed by atoms with Crippen LogP contribution < -0.4 is 11.1 Å². The molecule has 2 amide bonds. The Balaban J connectivity index is 1.80. The summed E-state index contributed by atoms with van der Waals surface area (Å²) in [7, 11) is 1.69. The first-order valence-electron chi connectivity index (χ1n) is 10.9. The summed E-state index contributed by atoms with van der Waals surface area (Å²) in [5.74, 6) is -2.49. The molecule has 0 aliphatic carbocycles. The first-order valence-corrected chi connectivity index (χ1v) is 11.7. The number of hydrogen-bond donors (Lipinski definition) is 2. The Morgan fingerprint density at radius 3 is 2.51 bits per heavy atom. The smallest absolute Gasteiger partial charge is 0.365 e. The van der Waals surface area contributed by atoms with Gasteiger partial charge in [0.1, 0.15) is 15.4 Å². The van der Waals surface area contributed by atoms with Crippen LogP contribution in [-0.2, 0) is 18.4 Å². The van der Waals surface area contributed by atoms with Crippen molar-refractivity contribution < 1.29 is 23.3 Å². The second-order valence-electron chi connectivity index (χ2n) is 8.49. The molecule has 37 heavy (non-hydrogen) atoms. The molecule has 0 aromatic carbocycles. The number of aryl methyl sites for hydroxylation is 2. The summed E-state index contributed by atoms with van der Waals surface area (Å²) in [4.78, 5) is 39.9. The molecule has 4 aromatic heterocycles. The largest absolute Gasteiger partial charge is 0.390 e. The van der Waals surface area contributed by atoms with Gasteiger partial charge in [-0.1, -0.05) is 6.92 Å². The van der Waals surface area contributed by atoms with Crippen LogP contribution in [0, 0.1) is 29.9 Å². The van der Waals surface area contributed by atoms with Crippen LogP contribution in [-0.4, -0.2) is 41.3 Å². The molecule has 0 spiro atoms. The molecule has 0 fully saturated rings. The predicted molar refractivity (Wildman–Crippen MR) is 131 cm³/mol. The van der Waals surface area contributed by atoms with Gasteiger partial charge in [-0.2, -0.15) is 9.78 Å². The summed E-state index contributed by atoms with van der Waals surface area (Å²) in [5, 5.41) is 22.1. The van der Waals surface area contributed by atoms with Crippen molar-refractivity contribution in [2.45, 2.75) is 33.7 Å². The van der Waals surface area contributed by atoms with E-state index in [2.05, 4.69) is 20.5 Å². The van der Waals surface area contributed by atoms with Crippen molar-refractivity contribution in [1.82, 2.24) is 24.5 Å². The van der Waals surface area contributed by atoms with Crippen LogP contribution in [0.4, 0.5) is 20.3 Å². The number of primary amides is 1. The van der Waals surface area contributed by atoms with Crippen LogP contribution in [0.25, 0.3) is 21.3 Å². The van der Waals surface area contributed by atoms with Crippen LogP contribution >= 0.6 is 11.3 Å². The van der Waals surface area contributed by atoms with Crippen LogP contribution in [0.1, 0.15) is 40.1 Å². The standard InChI is InChI=1S/C22H22F2N8O4S/c1-9(8-31-10(2)5-15(29-31)32(35)36)21(34)28-17-16-12(13-7-26-30(4)11(13)3)6-14(19(23)24)27-22(16)37-18(17)20(25)33/h5-7,9,19H,8H2,1-4H3,(H2,25,33)(H,28,34). The van der Waals surface area contributed by atoms with Gasteiger partial charge in [-0.3, -0.25) is 14.3 Å². The highest BCUT2D eigenvalue weighted by Gasteiger charge is 2.28. The maximum atomic E-state index is 13.7. The zero-order chi connectivity index (χ0) is 27.2. The van der Waals surface area contributed by atoms with E-state index in [-0.39, 0.29) is 33.1 Å². The highest BCUT2D eigenvalue weighted by molar-refractivity contribution is 7.21. The number of amides is 2. The van der Waals surface area contributed by atoms with Gasteiger partial charge in [0.2, 0.25) is 5.91 Å². The minimum absolute atomic E-state index is 0.0157. The maximum Gasteiger partial charge on any atom is 0.390 e. The number of aromatic nitrogens is 5. The number of nitrogens with zero attached hydrogens (tertiary/aromatic N) is 6. The molecule has 4 rings (SSSR count). The summed E-state index contributed by atoms with van der Waals surface area (Å²) >= 11 is 0.798. The van der Waals surface area contributed by atoms with E-state index in [0.29, 0.717) is 22.5 Å². The summed E-state index contributed by atoms with van der Waals surface area (Å²) in [5.41, 5.74) is 7.13. The van der Waals surface area contributed by atoms with Gasteiger partial charge in [0, 0.05) is 23.7 Å². The van der Waals surface area contributed by atoms with E-state index in [9.17, 15) is 28.5 Å². The number of alkyl halides is 2. The molecular weight excluding hydrogens is 510 g/mol. The molecule has 4 heterocycles. The lowest BCUT2D eigenvalue weighted by Gasteiger charge is -2.14. The SMILES string of the molecule is Cc1c(-c2cc(C(F)F)nc3sc(C(N)=O)c(NC(=O)C(C)Cn4nc([N+](=O)[O-])cc4C)c23)cnn1C. The second kappa shape index (κ2) is 9.65. The number of fused-ring (bicyclic) bond motifs is 1. The molecule has 1 unspecified atom stereocenters. The number of nitrogens with two attached hydrogens (primary N) is 1. The Kier molecular flexibility index (Phi) is 6.73. The van der Waals surface area contributed by atoms with Crippen molar-refractivity contribution in [3.63, 3.8) is 0 Å². The number of nitro groups is 1. The lowest BCUT2D eigenvalue weighted by atomic mass is 10.0.